The highest BCUT2D eigenvalue weighted by Crippen LogP contribution is 2.24. The number of rotatable bonds is 8. The summed E-state index contributed by atoms with van der Waals surface area (Å²) >= 11 is 0. The average Bonchev–Trinajstić information content (AvgIpc) is 2.84. The molecule has 1 heterocycles. The summed E-state index contributed by atoms with van der Waals surface area (Å²) in [5.74, 6) is 0.327. The van der Waals surface area contributed by atoms with Crippen molar-refractivity contribution in [3.05, 3.63) is 119 Å². The normalized spacial score (nSPS) is 10.6. The van der Waals surface area contributed by atoms with Crippen molar-refractivity contribution in [2.45, 2.75) is 19.8 Å². The Labute approximate surface area is 193 Å². The first-order chi connectivity index (χ1) is 16.0. The molecule has 0 aliphatic rings. The molecule has 164 valence electrons. The monoisotopic (exact) mass is 435 g/mol. The standard InChI is InChI=1S/C29H25NO3/c1-20-16-22(14-15-30-20)18-28(32)26-19-25(12-13-29(26)33-2)27(31)17-21-8-10-24(11-9-21)23-6-4-3-5-7-23/h3-16,19H,17-18H2,1-2H3. The second-order valence-electron chi connectivity index (χ2n) is 7.98. The van der Waals surface area contributed by atoms with E-state index in [2.05, 4.69) is 17.1 Å². The van der Waals surface area contributed by atoms with E-state index in [4.69, 9.17) is 4.74 Å². The molecule has 4 heteroatoms. The molecule has 0 aliphatic carbocycles. The van der Waals surface area contributed by atoms with Gasteiger partial charge in [-0.3, -0.25) is 14.6 Å². The second-order valence-corrected chi connectivity index (χ2v) is 7.98. The van der Waals surface area contributed by atoms with Crippen LogP contribution in [0.2, 0.25) is 0 Å². The number of Topliss-reactive ketones (excluding diaryl/α,β-unsaturated/α-hetero) is 2. The van der Waals surface area contributed by atoms with Crippen molar-refractivity contribution in [3.8, 4) is 16.9 Å². The lowest BCUT2D eigenvalue weighted by atomic mass is 9.96. The van der Waals surface area contributed by atoms with Gasteiger partial charge >= 0.3 is 0 Å². The molecule has 0 amide bonds. The summed E-state index contributed by atoms with van der Waals surface area (Å²) in [6.07, 6.45) is 2.18. The summed E-state index contributed by atoms with van der Waals surface area (Å²) in [6, 6.07) is 26.9. The van der Waals surface area contributed by atoms with Crippen LogP contribution in [0.5, 0.6) is 5.75 Å². The van der Waals surface area contributed by atoms with E-state index in [9.17, 15) is 9.59 Å². The summed E-state index contributed by atoms with van der Waals surface area (Å²) in [5, 5.41) is 0. The van der Waals surface area contributed by atoms with Crippen LogP contribution in [0.1, 0.15) is 37.5 Å². The third-order valence-corrected chi connectivity index (χ3v) is 5.57. The van der Waals surface area contributed by atoms with Crippen molar-refractivity contribution in [2.24, 2.45) is 0 Å². The zero-order valence-electron chi connectivity index (χ0n) is 18.7. The van der Waals surface area contributed by atoms with E-state index < -0.39 is 0 Å². The van der Waals surface area contributed by atoms with E-state index >= 15 is 0 Å². The van der Waals surface area contributed by atoms with Gasteiger partial charge in [0.15, 0.2) is 11.6 Å². The summed E-state index contributed by atoms with van der Waals surface area (Å²) in [4.78, 5) is 30.2. The molecule has 0 saturated heterocycles. The molecule has 3 aromatic carbocycles. The van der Waals surface area contributed by atoms with Crippen molar-refractivity contribution >= 4 is 11.6 Å². The maximum Gasteiger partial charge on any atom is 0.170 e. The van der Waals surface area contributed by atoms with Crippen LogP contribution < -0.4 is 4.74 Å². The Hall–Kier alpha value is -4.05. The average molecular weight is 436 g/mol. The van der Waals surface area contributed by atoms with Gasteiger partial charge in [0.25, 0.3) is 0 Å². The van der Waals surface area contributed by atoms with Gasteiger partial charge in [0.05, 0.1) is 12.7 Å². The van der Waals surface area contributed by atoms with Crippen molar-refractivity contribution in [3.63, 3.8) is 0 Å². The second kappa shape index (κ2) is 10.0. The molecule has 0 radical (unpaired) electrons. The first kappa shape index (κ1) is 22.2. The molecule has 0 atom stereocenters. The molecule has 0 saturated carbocycles. The molecule has 0 spiro atoms. The quantitative estimate of drug-likeness (QED) is 0.323. The number of nitrogens with zero attached hydrogens (tertiary/aromatic N) is 1. The fraction of sp³-hybridized carbons (Fsp3) is 0.138. The molecule has 0 fully saturated rings. The molecule has 1 aromatic heterocycles. The number of carbonyl (C=O) groups is 2. The van der Waals surface area contributed by atoms with E-state index in [1.54, 1.807) is 24.4 Å². The largest absolute Gasteiger partial charge is 0.496 e. The van der Waals surface area contributed by atoms with Crippen LogP contribution in [-0.4, -0.2) is 23.7 Å². The van der Waals surface area contributed by atoms with Crippen LogP contribution in [0.3, 0.4) is 0 Å². The fourth-order valence-electron chi connectivity index (χ4n) is 3.83. The van der Waals surface area contributed by atoms with Gasteiger partial charge in [-0.25, -0.2) is 0 Å². The number of aromatic nitrogens is 1. The van der Waals surface area contributed by atoms with Crippen LogP contribution in [-0.2, 0) is 12.8 Å². The Morgan fingerprint density at radius 2 is 1.45 bits per heavy atom. The van der Waals surface area contributed by atoms with Crippen LogP contribution >= 0.6 is 0 Å². The molecular weight excluding hydrogens is 410 g/mol. The molecule has 0 N–H and O–H groups in total. The lowest BCUT2D eigenvalue weighted by Gasteiger charge is -2.11. The zero-order valence-corrected chi connectivity index (χ0v) is 18.7. The summed E-state index contributed by atoms with van der Waals surface area (Å²) in [7, 11) is 1.53. The number of ether oxygens (including phenoxy) is 1. The third-order valence-electron chi connectivity index (χ3n) is 5.57. The number of methoxy groups -OCH3 is 1. The van der Waals surface area contributed by atoms with Crippen LogP contribution in [0.4, 0.5) is 0 Å². The smallest absolute Gasteiger partial charge is 0.170 e. The maximum atomic E-state index is 13.0. The van der Waals surface area contributed by atoms with Gasteiger partial charge in [-0.2, -0.15) is 0 Å². The number of benzene rings is 3. The van der Waals surface area contributed by atoms with Crippen molar-refractivity contribution in [2.75, 3.05) is 7.11 Å². The van der Waals surface area contributed by atoms with Crippen LogP contribution in [0, 0.1) is 6.92 Å². The van der Waals surface area contributed by atoms with Gasteiger partial charge in [-0.05, 0) is 59.5 Å². The minimum atomic E-state index is -0.0979. The zero-order chi connectivity index (χ0) is 23.2. The first-order valence-corrected chi connectivity index (χ1v) is 10.8. The van der Waals surface area contributed by atoms with E-state index in [0.29, 0.717) is 16.9 Å². The van der Waals surface area contributed by atoms with Crippen molar-refractivity contribution < 1.29 is 14.3 Å². The van der Waals surface area contributed by atoms with Gasteiger partial charge in [0.2, 0.25) is 0 Å². The van der Waals surface area contributed by atoms with Crippen LogP contribution in [0.15, 0.2) is 91.1 Å². The van der Waals surface area contributed by atoms with E-state index in [1.165, 1.54) is 7.11 Å². The lowest BCUT2D eigenvalue weighted by Crippen LogP contribution is -2.10. The lowest BCUT2D eigenvalue weighted by molar-refractivity contribution is 0.0990. The van der Waals surface area contributed by atoms with Gasteiger partial charge in [0.1, 0.15) is 5.75 Å². The number of ketones is 2. The van der Waals surface area contributed by atoms with Gasteiger partial charge < -0.3 is 4.74 Å². The summed E-state index contributed by atoms with van der Waals surface area (Å²) in [6.45, 7) is 1.89. The number of pyridine rings is 1. The molecule has 33 heavy (non-hydrogen) atoms. The molecule has 0 bridgehead atoms. The summed E-state index contributed by atoms with van der Waals surface area (Å²) in [5.41, 5.74) is 5.82. The highest BCUT2D eigenvalue weighted by atomic mass is 16.5. The molecule has 0 aliphatic heterocycles. The predicted molar refractivity (Wildman–Crippen MR) is 130 cm³/mol. The Balaban J connectivity index is 1.51. The van der Waals surface area contributed by atoms with Gasteiger partial charge in [-0.15, -0.1) is 0 Å². The molecule has 4 nitrogen and oxygen atoms in total. The van der Waals surface area contributed by atoms with E-state index in [-0.39, 0.29) is 24.4 Å². The Morgan fingerprint density at radius 1 is 0.758 bits per heavy atom. The van der Waals surface area contributed by atoms with Crippen molar-refractivity contribution in [1.29, 1.82) is 0 Å². The SMILES string of the molecule is COc1ccc(C(=O)Cc2ccc(-c3ccccc3)cc2)cc1C(=O)Cc1ccnc(C)c1. The molecule has 4 aromatic rings. The Bertz CT molecular complexity index is 1280. The minimum absolute atomic E-state index is 0.0427. The highest BCUT2D eigenvalue weighted by molar-refractivity contribution is 6.04. The van der Waals surface area contributed by atoms with E-state index in [1.807, 2.05) is 61.5 Å². The van der Waals surface area contributed by atoms with Crippen LogP contribution in [0.25, 0.3) is 11.1 Å². The number of carbonyl (C=O) groups excluding carboxylic acids is 2. The number of aryl methyl sites for hydroxylation is 1. The summed E-state index contributed by atoms with van der Waals surface area (Å²) < 4.78 is 5.39. The maximum absolute atomic E-state index is 13.0. The molecular formula is C29H25NO3. The van der Waals surface area contributed by atoms with Crippen molar-refractivity contribution in [1.82, 2.24) is 4.98 Å². The minimum Gasteiger partial charge on any atom is -0.496 e. The van der Waals surface area contributed by atoms with E-state index in [0.717, 1.165) is 27.9 Å². The predicted octanol–water partition coefficient (Wildman–Crippen LogP) is 5.92. The first-order valence-electron chi connectivity index (χ1n) is 10.8. The van der Waals surface area contributed by atoms with Gasteiger partial charge in [-0.1, -0.05) is 54.6 Å². The topological polar surface area (TPSA) is 56.3 Å². The third kappa shape index (κ3) is 5.42. The Kier molecular flexibility index (Phi) is 6.75. The number of hydrogen-bond donors (Lipinski definition) is 0. The number of hydrogen-bond acceptors (Lipinski definition) is 4. The molecule has 4 rings (SSSR count). The molecule has 0 unspecified atom stereocenters. The highest BCUT2D eigenvalue weighted by Gasteiger charge is 2.17. The fourth-order valence-corrected chi connectivity index (χ4v) is 3.83. The Morgan fingerprint density at radius 3 is 2.15 bits per heavy atom. The van der Waals surface area contributed by atoms with Gasteiger partial charge in [0, 0.05) is 30.3 Å².